The summed E-state index contributed by atoms with van der Waals surface area (Å²) >= 11 is 0. The lowest BCUT2D eigenvalue weighted by atomic mass is 9.49. The summed E-state index contributed by atoms with van der Waals surface area (Å²) in [6, 6.07) is 3.46. The molecule has 5 rings (SSSR count). The van der Waals surface area contributed by atoms with Crippen LogP contribution in [0, 0.1) is 33.3 Å². The van der Waals surface area contributed by atoms with Gasteiger partial charge in [-0.2, -0.15) is 5.10 Å². The normalized spacial score (nSPS) is 32.1. The van der Waals surface area contributed by atoms with Crippen LogP contribution in [0.3, 0.4) is 0 Å². The zero-order valence-corrected chi connectivity index (χ0v) is 14.5. The Morgan fingerprint density at radius 1 is 1.23 bits per heavy atom. The van der Waals surface area contributed by atoms with Crippen molar-refractivity contribution in [2.45, 2.75) is 44.9 Å². The van der Waals surface area contributed by atoms with Gasteiger partial charge in [-0.25, -0.2) is 5.43 Å². The Bertz CT molecular complexity index is 739. The first kappa shape index (κ1) is 17.0. The summed E-state index contributed by atoms with van der Waals surface area (Å²) in [5.41, 5.74) is 2.55. The van der Waals surface area contributed by atoms with E-state index in [-0.39, 0.29) is 28.3 Å². The first-order chi connectivity index (χ1) is 12.4. The second-order valence-electron chi connectivity index (χ2n) is 8.37. The fourth-order valence-electron chi connectivity index (χ4n) is 5.81. The fraction of sp³-hybridized carbons (Fsp3) is 0.579. The summed E-state index contributed by atoms with van der Waals surface area (Å²) in [5.74, 6) is 1.84. The number of non-ortho nitro benzene ring substituents is 1. The van der Waals surface area contributed by atoms with Crippen LogP contribution >= 0.6 is 0 Å². The maximum Gasteiger partial charge on any atom is 0.270 e. The van der Waals surface area contributed by atoms with Gasteiger partial charge in [0.25, 0.3) is 5.69 Å². The average molecular weight is 356 g/mol. The van der Waals surface area contributed by atoms with Gasteiger partial charge in [0.2, 0.25) is 5.91 Å². The van der Waals surface area contributed by atoms with Crippen LogP contribution < -0.4 is 10.5 Å². The molecule has 4 saturated carbocycles. The summed E-state index contributed by atoms with van der Waals surface area (Å²) in [7, 11) is 0. The Labute approximate surface area is 151 Å². The van der Waals surface area contributed by atoms with Gasteiger partial charge in [0.15, 0.2) is 0 Å². The Balaban J connectivity index is 1.38. The third-order valence-corrected chi connectivity index (χ3v) is 6.30. The highest BCUT2D eigenvalue weighted by molar-refractivity contribution is 5.85. The number of carbonyl (C=O) groups excluding carboxylic acids is 1. The molecule has 4 fully saturated rings. The van der Waals surface area contributed by atoms with Crippen molar-refractivity contribution < 1.29 is 14.8 Å². The van der Waals surface area contributed by atoms with E-state index in [1.807, 2.05) is 0 Å². The Morgan fingerprint density at radius 3 is 2.42 bits per heavy atom. The van der Waals surface area contributed by atoms with E-state index in [1.165, 1.54) is 25.5 Å². The third-order valence-electron chi connectivity index (χ3n) is 6.30. The second-order valence-corrected chi connectivity index (χ2v) is 8.37. The summed E-state index contributed by atoms with van der Waals surface area (Å²) in [5, 5.41) is 26.4. The number of hydrazone groups is 1. The van der Waals surface area contributed by atoms with Gasteiger partial charge in [-0.15, -0.1) is 0 Å². The molecule has 1 amide bonds. The van der Waals surface area contributed by atoms with Crippen LogP contribution in [0.5, 0.6) is 5.75 Å². The van der Waals surface area contributed by atoms with Crippen LogP contribution in [-0.2, 0) is 4.79 Å². The number of nitro groups is 1. The molecule has 1 aromatic rings. The van der Waals surface area contributed by atoms with Crippen LogP contribution in [0.25, 0.3) is 0 Å². The number of rotatable bonds is 5. The molecule has 0 aromatic heterocycles. The molecule has 4 bridgehead atoms. The standard InChI is InChI=1S/C19H23N3O4/c23-17-2-1-16(22(25)26)6-15(17)11-20-21-18(24)10-19-7-12-3-13(8-19)5-14(4-12)9-19/h1-2,6,11-14,23H,3-5,7-10H2,(H,21,24)/p-1/b20-11-. The predicted molar refractivity (Wildman–Crippen MR) is 93.5 cm³/mol. The van der Waals surface area contributed by atoms with Crippen molar-refractivity contribution in [1.29, 1.82) is 0 Å². The Hall–Kier alpha value is -2.44. The first-order valence-electron chi connectivity index (χ1n) is 9.20. The number of hydrogen-bond acceptors (Lipinski definition) is 5. The molecule has 0 atom stereocenters. The van der Waals surface area contributed by atoms with Crippen LogP contribution in [-0.4, -0.2) is 17.0 Å². The highest BCUT2D eigenvalue weighted by Gasteiger charge is 2.51. The van der Waals surface area contributed by atoms with E-state index in [2.05, 4.69) is 10.5 Å². The number of carbonyl (C=O) groups is 1. The number of benzene rings is 1. The Kier molecular flexibility index (Phi) is 4.17. The summed E-state index contributed by atoms with van der Waals surface area (Å²) in [4.78, 5) is 22.6. The molecular weight excluding hydrogens is 334 g/mol. The molecule has 0 radical (unpaired) electrons. The first-order valence-corrected chi connectivity index (χ1v) is 9.20. The van der Waals surface area contributed by atoms with Crippen LogP contribution in [0.2, 0.25) is 0 Å². The van der Waals surface area contributed by atoms with E-state index in [0.29, 0.717) is 6.42 Å². The van der Waals surface area contributed by atoms with Crippen molar-refractivity contribution >= 4 is 17.8 Å². The zero-order valence-electron chi connectivity index (χ0n) is 14.5. The molecule has 0 heterocycles. The van der Waals surface area contributed by atoms with Crippen LogP contribution in [0.1, 0.15) is 50.5 Å². The molecule has 4 aliphatic carbocycles. The highest BCUT2D eigenvalue weighted by Crippen LogP contribution is 2.61. The number of nitrogens with zero attached hydrogens (tertiary/aromatic N) is 2. The van der Waals surface area contributed by atoms with Crippen molar-refractivity contribution in [1.82, 2.24) is 5.43 Å². The van der Waals surface area contributed by atoms with Gasteiger partial charge in [-0.3, -0.25) is 14.9 Å². The van der Waals surface area contributed by atoms with Crippen molar-refractivity contribution in [3.8, 4) is 5.75 Å². The van der Waals surface area contributed by atoms with Gasteiger partial charge >= 0.3 is 0 Å². The van der Waals surface area contributed by atoms with Crippen molar-refractivity contribution in [3.05, 3.63) is 33.9 Å². The minimum Gasteiger partial charge on any atom is -0.872 e. The average Bonchev–Trinajstić information content (AvgIpc) is 2.54. The highest BCUT2D eigenvalue weighted by atomic mass is 16.6. The van der Waals surface area contributed by atoms with Crippen molar-refractivity contribution in [2.24, 2.45) is 28.3 Å². The van der Waals surface area contributed by atoms with Gasteiger partial charge in [0.05, 0.1) is 11.1 Å². The molecule has 0 unspecified atom stereocenters. The molecule has 4 aliphatic rings. The van der Waals surface area contributed by atoms with E-state index in [0.717, 1.165) is 55.2 Å². The summed E-state index contributed by atoms with van der Waals surface area (Å²) < 4.78 is 0. The van der Waals surface area contributed by atoms with E-state index in [1.54, 1.807) is 0 Å². The molecule has 0 spiro atoms. The maximum absolute atomic E-state index is 12.4. The minimum absolute atomic E-state index is 0.0919. The van der Waals surface area contributed by atoms with E-state index in [9.17, 15) is 20.0 Å². The number of amides is 1. The molecular formula is C19H22N3O4-. The van der Waals surface area contributed by atoms with Crippen LogP contribution in [0.15, 0.2) is 23.3 Å². The number of hydrogen-bond donors (Lipinski definition) is 1. The molecule has 138 valence electrons. The SMILES string of the molecule is O=C(CC12CC3CC(CC(C3)C1)C2)N/N=C\c1cc([N+](=O)[O-])ccc1[O-]. The second kappa shape index (κ2) is 6.37. The molecule has 0 aliphatic heterocycles. The van der Waals surface area contributed by atoms with Crippen molar-refractivity contribution in [2.75, 3.05) is 0 Å². The summed E-state index contributed by atoms with van der Waals surface area (Å²) in [6.07, 6.45) is 9.09. The lowest BCUT2D eigenvalue weighted by Gasteiger charge is -2.56. The quantitative estimate of drug-likeness (QED) is 0.497. The minimum atomic E-state index is -0.567. The van der Waals surface area contributed by atoms with Gasteiger partial charge < -0.3 is 5.11 Å². The zero-order chi connectivity index (χ0) is 18.3. The molecule has 7 nitrogen and oxygen atoms in total. The van der Waals surface area contributed by atoms with E-state index < -0.39 is 4.92 Å². The van der Waals surface area contributed by atoms with Gasteiger partial charge in [0.1, 0.15) is 0 Å². The van der Waals surface area contributed by atoms with E-state index >= 15 is 0 Å². The van der Waals surface area contributed by atoms with E-state index in [4.69, 9.17) is 0 Å². The maximum atomic E-state index is 12.4. The van der Waals surface area contributed by atoms with Gasteiger partial charge in [0, 0.05) is 18.6 Å². The topological polar surface area (TPSA) is 108 Å². The van der Waals surface area contributed by atoms with Gasteiger partial charge in [-0.1, -0.05) is 11.8 Å². The molecule has 7 heteroatoms. The van der Waals surface area contributed by atoms with Crippen molar-refractivity contribution in [3.63, 3.8) is 0 Å². The molecule has 0 saturated heterocycles. The van der Waals surface area contributed by atoms with Crippen LogP contribution in [0.4, 0.5) is 5.69 Å². The molecule has 1 aromatic carbocycles. The molecule has 26 heavy (non-hydrogen) atoms. The predicted octanol–water partition coefficient (Wildman–Crippen LogP) is 2.73. The van der Waals surface area contributed by atoms with Gasteiger partial charge in [-0.05, 0) is 67.3 Å². The lowest BCUT2D eigenvalue weighted by molar-refractivity contribution is -0.385. The smallest absolute Gasteiger partial charge is 0.270 e. The Morgan fingerprint density at radius 2 is 1.85 bits per heavy atom. The fourth-order valence-corrected chi connectivity index (χ4v) is 5.81. The summed E-state index contributed by atoms with van der Waals surface area (Å²) in [6.45, 7) is 0. The number of nitro benzene ring substituents is 1. The molecule has 1 N–H and O–H groups in total. The number of nitrogens with one attached hydrogen (secondary N) is 1. The lowest BCUT2D eigenvalue weighted by Crippen LogP contribution is -2.47. The largest absolute Gasteiger partial charge is 0.872 e. The monoisotopic (exact) mass is 356 g/mol. The third kappa shape index (κ3) is 3.30.